The maximum absolute atomic E-state index is 14.2. The van der Waals surface area contributed by atoms with Gasteiger partial charge in [0.1, 0.15) is 24.4 Å². The second-order valence-electron chi connectivity index (χ2n) is 14.7. The number of aliphatic hydroxyl groups excluding tert-OH is 4. The number of benzene rings is 2. The average Bonchev–Trinajstić information content (AvgIpc) is 3.90. The number of hydrogen-bond acceptors (Lipinski definition) is 14. The molecule has 300 valence electrons. The Morgan fingerprint density at radius 3 is 1.85 bits per heavy atom. The molecule has 0 aliphatic carbocycles. The highest BCUT2D eigenvalue weighted by atomic mass is 31.2. The van der Waals surface area contributed by atoms with E-state index < -0.39 is 57.3 Å². The summed E-state index contributed by atoms with van der Waals surface area (Å²) < 4.78 is 72.7. The van der Waals surface area contributed by atoms with E-state index in [0.717, 1.165) is 0 Å². The summed E-state index contributed by atoms with van der Waals surface area (Å²) in [4.78, 5) is 0. The molecule has 53 heavy (non-hydrogen) atoms. The van der Waals surface area contributed by atoms with Crippen LogP contribution in [0.2, 0.25) is 0 Å². The Morgan fingerprint density at radius 2 is 1.26 bits per heavy atom. The summed E-state index contributed by atoms with van der Waals surface area (Å²) in [5.41, 5.74) is -2.02. The Hall–Kier alpha value is -1.62. The summed E-state index contributed by atoms with van der Waals surface area (Å²) in [7, 11) is -7.72. The Kier molecular flexibility index (Phi) is 17.1. The molecule has 0 spiro atoms. The number of epoxide rings is 1. The SMILES string of the molecule is CC(C)(CC(O)COCC(O)COP(=O)(OC(C)(C)CC(O)COC1COC1)c1ccccc1)NP(=O)(OCC(O)COCC1CO1)c1ccccc1. The van der Waals surface area contributed by atoms with Crippen LogP contribution in [0.25, 0.3) is 0 Å². The van der Waals surface area contributed by atoms with Crippen molar-refractivity contribution < 1.29 is 66.8 Å². The fourth-order valence-electron chi connectivity index (χ4n) is 5.51. The topological polar surface area (TPSA) is 204 Å². The molecule has 2 aliphatic heterocycles. The van der Waals surface area contributed by atoms with Crippen LogP contribution in [0.1, 0.15) is 40.5 Å². The van der Waals surface area contributed by atoms with Gasteiger partial charge >= 0.3 is 7.60 Å². The molecule has 0 amide bonds. The lowest BCUT2D eigenvalue weighted by molar-refractivity contribution is -0.146. The summed E-state index contributed by atoms with van der Waals surface area (Å²) in [6.45, 7) is 7.85. The summed E-state index contributed by atoms with van der Waals surface area (Å²) in [5.74, 6) is 0. The van der Waals surface area contributed by atoms with Gasteiger partial charge in [-0.25, -0.2) is 5.09 Å². The Bertz CT molecular complexity index is 1440. The first-order chi connectivity index (χ1) is 25.1. The molecule has 2 aromatic rings. The Labute approximate surface area is 312 Å². The van der Waals surface area contributed by atoms with E-state index in [1.807, 2.05) is 0 Å². The highest BCUT2D eigenvalue weighted by molar-refractivity contribution is 7.65. The van der Waals surface area contributed by atoms with E-state index in [9.17, 15) is 29.6 Å². The normalized spacial score (nSPS) is 21.2. The molecular formula is C36H57NO14P2. The van der Waals surface area contributed by atoms with Crippen LogP contribution in [0, 0.1) is 0 Å². The van der Waals surface area contributed by atoms with Gasteiger partial charge < -0.3 is 53.2 Å². The van der Waals surface area contributed by atoms with Gasteiger partial charge in [0.15, 0.2) is 0 Å². The fourth-order valence-corrected chi connectivity index (χ4v) is 9.63. The van der Waals surface area contributed by atoms with Crippen LogP contribution in [0.5, 0.6) is 0 Å². The molecule has 0 radical (unpaired) electrons. The van der Waals surface area contributed by atoms with Crippen LogP contribution >= 0.6 is 15.1 Å². The van der Waals surface area contributed by atoms with E-state index in [-0.39, 0.29) is 63.4 Å². The molecule has 7 unspecified atom stereocenters. The third-order valence-corrected chi connectivity index (χ3v) is 12.7. The largest absolute Gasteiger partial charge is 0.391 e. The van der Waals surface area contributed by atoms with E-state index >= 15 is 0 Å². The molecule has 2 aromatic carbocycles. The average molecular weight is 790 g/mol. The molecule has 0 aromatic heterocycles. The lowest BCUT2D eigenvalue weighted by atomic mass is 9.99. The minimum absolute atomic E-state index is 0.00311. The zero-order valence-electron chi connectivity index (χ0n) is 31.0. The number of rotatable bonds is 27. The predicted octanol–water partition coefficient (Wildman–Crippen LogP) is 2.29. The van der Waals surface area contributed by atoms with Crippen LogP contribution in [-0.4, -0.2) is 134 Å². The highest BCUT2D eigenvalue weighted by Gasteiger charge is 2.38. The van der Waals surface area contributed by atoms with Gasteiger partial charge in [0, 0.05) is 12.0 Å². The first-order valence-corrected chi connectivity index (χ1v) is 21.0. The van der Waals surface area contributed by atoms with Crippen molar-refractivity contribution in [1.82, 2.24) is 5.09 Å². The van der Waals surface area contributed by atoms with Gasteiger partial charge in [0.25, 0.3) is 7.52 Å². The van der Waals surface area contributed by atoms with Crippen LogP contribution in [0.3, 0.4) is 0 Å². The van der Waals surface area contributed by atoms with Crippen molar-refractivity contribution in [3.63, 3.8) is 0 Å². The highest BCUT2D eigenvalue weighted by Crippen LogP contribution is 2.51. The quantitative estimate of drug-likeness (QED) is 0.0651. The van der Waals surface area contributed by atoms with Crippen molar-refractivity contribution in [2.75, 3.05) is 66.1 Å². The lowest BCUT2D eigenvalue weighted by Gasteiger charge is -2.34. The first-order valence-electron chi connectivity index (χ1n) is 17.9. The minimum Gasteiger partial charge on any atom is -0.391 e. The molecule has 7 atom stereocenters. The van der Waals surface area contributed by atoms with Crippen LogP contribution < -0.4 is 15.7 Å². The monoisotopic (exact) mass is 789 g/mol. The standard InChI is InChI=1S/C36H57NO14P2/c1-35(2,37-52(42,33-11-7-5-8-12-33)49-21-29(40)19-45-25-32-26-48-32)15-27(38)17-44-18-30(41)22-50-53(43,34-13-9-6-10-14-34)51-36(3,4)16-28(39)20-47-31-23-46-24-31/h5-14,27-32,38-41H,15-26H2,1-4H3,(H,37,42). The predicted molar refractivity (Wildman–Crippen MR) is 197 cm³/mol. The number of aliphatic hydroxyl groups is 4. The third-order valence-electron chi connectivity index (χ3n) is 8.11. The van der Waals surface area contributed by atoms with Crippen LogP contribution in [0.4, 0.5) is 0 Å². The van der Waals surface area contributed by atoms with Crippen molar-refractivity contribution in [3.05, 3.63) is 60.7 Å². The van der Waals surface area contributed by atoms with Crippen molar-refractivity contribution in [2.24, 2.45) is 0 Å². The van der Waals surface area contributed by atoms with Crippen molar-refractivity contribution in [3.8, 4) is 0 Å². The zero-order valence-corrected chi connectivity index (χ0v) is 32.8. The van der Waals surface area contributed by atoms with Gasteiger partial charge in [-0.05, 0) is 58.4 Å². The van der Waals surface area contributed by atoms with Crippen molar-refractivity contribution in [2.45, 2.75) is 88.3 Å². The van der Waals surface area contributed by atoms with E-state index in [1.54, 1.807) is 88.4 Å². The Morgan fingerprint density at radius 1 is 0.717 bits per heavy atom. The number of ether oxygens (including phenoxy) is 5. The molecule has 4 rings (SSSR count). The molecule has 17 heteroatoms. The summed E-state index contributed by atoms with van der Waals surface area (Å²) in [5, 5.41) is 46.2. The van der Waals surface area contributed by atoms with Gasteiger partial charge in [-0.1, -0.05) is 36.4 Å². The van der Waals surface area contributed by atoms with E-state index in [4.69, 9.17) is 37.3 Å². The molecule has 2 aliphatic rings. The van der Waals surface area contributed by atoms with E-state index in [0.29, 0.717) is 31.7 Å². The third kappa shape index (κ3) is 15.8. The van der Waals surface area contributed by atoms with Crippen LogP contribution in [-0.2, 0) is 46.4 Å². The summed E-state index contributed by atoms with van der Waals surface area (Å²) in [6.07, 6.45) is -3.97. The van der Waals surface area contributed by atoms with E-state index in [2.05, 4.69) is 5.09 Å². The molecule has 5 N–H and O–H groups in total. The first kappa shape index (κ1) is 44.1. The maximum atomic E-state index is 14.2. The molecule has 0 saturated carbocycles. The van der Waals surface area contributed by atoms with Crippen molar-refractivity contribution >= 4 is 25.7 Å². The second kappa shape index (κ2) is 20.5. The van der Waals surface area contributed by atoms with Gasteiger partial charge in [-0.3, -0.25) is 13.7 Å². The lowest BCUT2D eigenvalue weighted by Crippen LogP contribution is -2.44. The molecule has 2 fully saturated rings. The smallest absolute Gasteiger partial charge is 0.361 e. The fraction of sp³-hybridized carbons (Fsp3) is 0.667. The zero-order chi connectivity index (χ0) is 38.5. The molecule has 15 nitrogen and oxygen atoms in total. The molecular weight excluding hydrogens is 732 g/mol. The number of nitrogens with one attached hydrogen (secondary N) is 1. The van der Waals surface area contributed by atoms with Crippen molar-refractivity contribution in [1.29, 1.82) is 0 Å². The Balaban J connectivity index is 1.25. The second-order valence-corrected chi connectivity index (χ2v) is 18.8. The van der Waals surface area contributed by atoms with Gasteiger partial charge in [-0.15, -0.1) is 0 Å². The summed E-state index contributed by atoms with van der Waals surface area (Å²) >= 11 is 0. The van der Waals surface area contributed by atoms with Crippen LogP contribution in [0.15, 0.2) is 60.7 Å². The maximum Gasteiger partial charge on any atom is 0.361 e. The van der Waals surface area contributed by atoms with E-state index in [1.165, 1.54) is 0 Å². The molecule has 0 bridgehead atoms. The number of hydrogen-bond donors (Lipinski definition) is 5. The van der Waals surface area contributed by atoms with Gasteiger partial charge in [0.2, 0.25) is 0 Å². The van der Waals surface area contributed by atoms with Gasteiger partial charge in [-0.2, -0.15) is 0 Å². The molecule has 2 heterocycles. The minimum atomic E-state index is -3.99. The summed E-state index contributed by atoms with van der Waals surface area (Å²) in [6, 6.07) is 16.9. The molecule has 2 saturated heterocycles. The van der Waals surface area contributed by atoms with Gasteiger partial charge in [0.05, 0.1) is 94.5 Å².